The van der Waals surface area contributed by atoms with Crippen LogP contribution in [0.3, 0.4) is 0 Å². The lowest BCUT2D eigenvalue weighted by Gasteiger charge is -2.09. The van der Waals surface area contributed by atoms with E-state index >= 15 is 0 Å². The number of rotatable bonds is 7. The van der Waals surface area contributed by atoms with Gasteiger partial charge in [-0.15, -0.1) is 11.3 Å². The van der Waals surface area contributed by atoms with Crippen molar-refractivity contribution in [3.8, 4) is 0 Å². The van der Waals surface area contributed by atoms with E-state index < -0.39 is 0 Å². The topological polar surface area (TPSA) is 74.8 Å². The number of thioether (sulfide) groups is 1. The van der Waals surface area contributed by atoms with Gasteiger partial charge in [0.15, 0.2) is 0 Å². The minimum absolute atomic E-state index is 0.00399. The van der Waals surface area contributed by atoms with Gasteiger partial charge in [-0.3, -0.25) is 9.59 Å². The summed E-state index contributed by atoms with van der Waals surface area (Å²) in [5.74, 6) is 2.17. The molecule has 1 aliphatic carbocycles. The highest BCUT2D eigenvalue weighted by atomic mass is 32.2. The van der Waals surface area contributed by atoms with Gasteiger partial charge in [-0.25, -0.2) is 4.98 Å². The first-order chi connectivity index (χ1) is 11.7. The van der Waals surface area contributed by atoms with E-state index in [0.717, 1.165) is 48.2 Å². The molecule has 0 spiro atoms. The minimum Gasteiger partial charge on any atom is -0.356 e. The van der Waals surface area contributed by atoms with Crippen LogP contribution in [-0.4, -0.2) is 28.2 Å². The van der Waals surface area contributed by atoms with Gasteiger partial charge in [0, 0.05) is 23.6 Å². The van der Waals surface area contributed by atoms with E-state index in [1.54, 1.807) is 23.1 Å². The van der Waals surface area contributed by atoms with Crippen molar-refractivity contribution in [1.29, 1.82) is 0 Å². The number of hydrogen-bond acceptors (Lipinski definition) is 5. The van der Waals surface area contributed by atoms with E-state index in [9.17, 15) is 9.59 Å². The fourth-order valence-electron chi connectivity index (χ4n) is 2.96. The van der Waals surface area contributed by atoms with Crippen molar-refractivity contribution >= 4 is 39.2 Å². The van der Waals surface area contributed by atoms with Gasteiger partial charge in [-0.05, 0) is 37.7 Å². The smallest absolute Gasteiger partial charge is 0.259 e. The van der Waals surface area contributed by atoms with E-state index in [0.29, 0.717) is 18.0 Å². The number of carbonyl (C=O) groups is 1. The highest BCUT2D eigenvalue weighted by Gasteiger charge is 2.19. The molecule has 0 saturated carbocycles. The Morgan fingerprint density at radius 2 is 2.21 bits per heavy atom. The number of hydrogen-bond donors (Lipinski definition) is 2. The summed E-state index contributed by atoms with van der Waals surface area (Å²) in [7, 11) is 0. The first kappa shape index (κ1) is 17.5. The third-order valence-electron chi connectivity index (χ3n) is 4.16. The summed E-state index contributed by atoms with van der Waals surface area (Å²) in [6.45, 7) is 2.77. The zero-order valence-electron chi connectivity index (χ0n) is 13.9. The molecule has 2 N–H and O–H groups in total. The molecule has 0 bridgehead atoms. The first-order valence-corrected chi connectivity index (χ1v) is 10.5. The Labute approximate surface area is 149 Å². The van der Waals surface area contributed by atoms with Crippen LogP contribution >= 0.6 is 23.1 Å². The number of aryl methyl sites for hydroxylation is 2. The van der Waals surface area contributed by atoms with Gasteiger partial charge in [-0.1, -0.05) is 6.92 Å². The summed E-state index contributed by atoms with van der Waals surface area (Å²) in [5, 5.41) is 3.68. The molecule has 0 atom stereocenters. The fourth-order valence-corrected chi connectivity index (χ4v) is 5.05. The molecule has 2 aromatic rings. The van der Waals surface area contributed by atoms with Crippen molar-refractivity contribution in [3.63, 3.8) is 0 Å². The molecule has 0 aromatic carbocycles. The molecule has 2 aromatic heterocycles. The minimum atomic E-state index is -0.00399. The van der Waals surface area contributed by atoms with E-state index in [1.807, 2.05) is 6.92 Å². The second-order valence-electron chi connectivity index (χ2n) is 6.06. The quantitative estimate of drug-likeness (QED) is 0.740. The van der Waals surface area contributed by atoms with Crippen molar-refractivity contribution < 1.29 is 4.79 Å². The molecule has 1 amide bonds. The van der Waals surface area contributed by atoms with Crippen LogP contribution in [0.1, 0.15) is 48.9 Å². The molecule has 0 unspecified atom stereocenters. The highest BCUT2D eigenvalue weighted by molar-refractivity contribution is 7.98. The van der Waals surface area contributed by atoms with E-state index in [4.69, 9.17) is 0 Å². The number of thiophene rings is 1. The number of nitrogens with zero attached hydrogens (tertiary/aromatic N) is 1. The number of H-pyrrole nitrogens is 1. The maximum absolute atomic E-state index is 12.4. The molecule has 1 aliphatic rings. The maximum Gasteiger partial charge on any atom is 0.259 e. The van der Waals surface area contributed by atoms with Crippen molar-refractivity contribution in [1.82, 2.24) is 15.3 Å². The molecule has 2 heterocycles. The lowest BCUT2D eigenvalue weighted by molar-refractivity contribution is -0.120. The lowest BCUT2D eigenvalue weighted by Crippen LogP contribution is -2.24. The van der Waals surface area contributed by atoms with Gasteiger partial charge in [-0.2, -0.15) is 11.8 Å². The number of aromatic nitrogens is 2. The van der Waals surface area contributed by atoms with Gasteiger partial charge in [0.1, 0.15) is 10.7 Å². The molecule has 0 radical (unpaired) electrons. The van der Waals surface area contributed by atoms with Crippen LogP contribution in [0.2, 0.25) is 0 Å². The Morgan fingerprint density at radius 1 is 1.38 bits per heavy atom. The van der Waals surface area contributed by atoms with Crippen LogP contribution in [0, 0.1) is 0 Å². The SMILES string of the molecule is CCCNC(=O)CCSCc1nc2sc3c(c2c(=O)[nH]1)CCCC3. The van der Waals surface area contributed by atoms with Gasteiger partial charge in [0.05, 0.1) is 11.1 Å². The Bertz CT molecular complexity index is 782. The number of nitrogens with one attached hydrogen (secondary N) is 2. The molecule has 130 valence electrons. The summed E-state index contributed by atoms with van der Waals surface area (Å²) in [4.78, 5) is 33.8. The monoisotopic (exact) mass is 365 g/mol. The average molecular weight is 366 g/mol. The summed E-state index contributed by atoms with van der Waals surface area (Å²) < 4.78 is 0. The van der Waals surface area contributed by atoms with Crippen LogP contribution in [0.4, 0.5) is 0 Å². The number of carbonyl (C=O) groups excluding carboxylic acids is 1. The second-order valence-corrected chi connectivity index (χ2v) is 8.25. The summed E-state index contributed by atoms with van der Waals surface area (Å²) in [6.07, 6.45) is 5.91. The second kappa shape index (κ2) is 8.16. The number of fused-ring (bicyclic) bond motifs is 3. The fraction of sp³-hybridized carbons (Fsp3) is 0.588. The molecular weight excluding hydrogens is 342 g/mol. The van der Waals surface area contributed by atoms with Crippen LogP contribution in [0.5, 0.6) is 0 Å². The largest absolute Gasteiger partial charge is 0.356 e. The zero-order valence-corrected chi connectivity index (χ0v) is 15.6. The van der Waals surface area contributed by atoms with E-state index in [-0.39, 0.29) is 11.5 Å². The Morgan fingerprint density at radius 3 is 3.04 bits per heavy atom. The molecule has 0 fully saturated rings. The molecule has 24 heavy (non-hydrogen) atoms. The summed E-state index contributed by atoms with van der Waals surface area (Å²) in [5.41, 5.74) is 1.22. The lowest BCUT2D eigenvalue weighted by atomic mass is 9.97. The van der Waals surface area contributed by atoms with Gasteiger partial charge < -0.3 is 10.3 Å². The van der Waals surface area contributed by atoms with Crippen LogP contribution in [0.15, 0.2) is 4.79 Å². The van der Waals surface area contributed by atoms with Crippen LogP contribution in [0.25, 0.3) is 10.2 Å². The predicted octanol–water partition coefficient (Wildman–Crippen LogP) is 3.01. The Balaban J connectivity index is 1.62. The Kier molecular flexibility index (Phi) is 5.94. The molecule has 7 heteroatoms. The van der Waals surface area contributed by atoms with E-state index in [2.05, 4.69) is 15.3 Å². The van der Waals surface area contributed by atoms with Crippen LogP contribution < -0.4 is 10.9 Å². The number of amides is 1. The number of aromatic amines is 1. The van der Waals surface area contributed by atoms with Gasteiger partial charge in [0.2, 0.25) is 5.91 Å². The molecule has 0 saturated heterocycles. The Hall–Kier alpha value is -1.34. The van der Waals surface area contributed by atoms with Crippen molar-refractivity contribution in [2.45, 2.75) is 51.2 Å². The third-order valence-corrected chi connectivity index (χ3v) is 6.31. The van der Waals surface area contributed by atoms with Crippen LogP contribution in [-0.2, 0) is 23.4 Å². The molecule has 0 aliphatic heterocycles. The van der Waals surface area contributed by atoms with Crippen molar-refractivity contribution in [3.05, 3.63) is 26.6 Å². The highest BCUT2D eigenvalue weighted by Crippen LogP contribution is 2.33. The summed E-state index contributed by atoms with van der Waals surface area (Å²) >= 11 is 3.31. The summed E-state index contributed by atoms with van der Waals surface area (Å²) in [6, 6.07) is 0. The van der Waals surface area contributed by atoms with Crippen molar-refractivity contribution in [2.24, 2.45) is 0 Å². The average Bonchev–Trinajstić information content (AvgIpc) is 2.95. The standard InChI is InChI=1S/C17H23N3O2S2/c1-2-8-18-14(21)7-9-23-10-13-19-16(22)15-11-5-3-4-6-12(11)24-17(15)20-13/h2-10H2,1H3,(H,18,21)(H,19,20,22). The normalized spacial score (nSPS) is 13.9. The first-order valence-electron chi connectivity index (χ1n) is 8.57. The third kappa shape index (κ3) is 4.00. The molecule has 3 rings (SSSR count). The van der Waals surface area contributed by atoms with Crippen molar-refractivity contribution in [2.75, 3.05) is 12.3 Å². The maximum atomic E-state index is 12.4. The molecule has 5 nitrogen and oxygen atoms in total. The molecular formula is C17H23N3O2S2. The van der Waals surface area contributed by atoms with E-state index in [1.165, 1.54) is 16.9 Å². The zero-order chi connectivity index (χ0) is 16.9. The van der Waals surface area contributed by atoms with Gasteiger partial charge in [0.25, 0.3) is 5.56 Å². The van der Waals surface area contributed by atoms with Gasteiger partial charge >= 0.3 is 0 Å². The predicted molar refractivity (Wildman–Crippen MR) is 101 cm³/mol.